The lowest BCUT2D eigenvalue weighted by molar-refractivity contribution is -0.147. The smallest absolute Gasteiger partial charge is 0.330 e. The molecule has 0 aliphatic heterocycles. The Morgan fingerprint density at radius 2 is 2.12 bits per heavy atom. The molecule has 0 unspecified atom stereocenters. The van der Waals surface area contributed by atoms with Gasteiger partial charge < -0.3 is 23.9 Å². The Balaban J connectivity index is 1.56. The lowest BCUT2D eigenvalue weighted by Crippen LogP contribution is -2.45. The average molecular weight is 438 g/mol. The summed E-state index contributed by atoms with van der Waals surface area (Å²) in [4.78, 5) is 29.8. The van der Waals surface area contributed by atoms with E-state index < -0.39 is 17.9 Å². The number of imidazole rings is 1. The van der Waals surface area contributed by atoms with E-state index in [4.69, 9.17) is 14.0 Å². The number of fused-ring (bicyclic) bond motifs is 3. The first-order chi connectivity index (χ1) is 15.5. The van der Waals surface area contributed by atoms with Crippen molar-refractivity contribution in [1.29, 1.82) is 0 Å². The van der Waals surface area contributed by atoms with Gasteiger partial charge >= 0.3 is 5.97 Å². The van der Waals surface area contributed by atoms with Crippen molar-refractivity contribution in [2.45, 2.75) is 39.3 Å². The number of carbonyl (C=O) groups excluding carboxylic acids is 2. The summed E-state index contributed by atoms with van der Waals surface area (Å²) >= 11 is 0. The number of methoxy groups -OCH3 is 1. The number of hydrogen-bond acceptors (Lipinski definition) is 7. The summed E-state index contributed by atoms with van der Waals surface area (Å²) in [7, 11) is 1.60. The predicted octanol–water partition coefficient (Wildman–Crippen LogP) is 2.64. The Labute approximate surface area is 185 Å². The van der Waals surface area contributed by atoms with Gasteiger partial charge in [-0.2, -0.15) is 0 Å². The molecule has 0 spiro atoms. The van der Waals surface area contributed by atoms with Gasteiger partial charge in [0.25, 0.3) is 5.91 Å². The van der Waals surface area contributed by atoms with Gasteiger partial charge in [-0.15, -0.1) is 0 Å². The van der Waals surface area contributed by atoms with Crippen molar-refractivity contribution < 1.29 is 23.6 Å². The molecule has 1 amide bonds. The molecule has 2 aromatic heterocycles. The van der Waals surface area contributed by atoms with Crippen LogP contribution in [0.1, 0.15) is 35.5 Å². The lowest BCUT2D eigenvalue weighted by Gasteiger charge is -2.19. The van der Waals surface area contributed by atoms with Crippen molar-refractivity contribution >= 4 is 11.9 Å². The summed E-state index contributed by atoms with van der Waals surface area (Å²) in [5.41, 5.74) is 2.88. The van der Waals surface area contributed by atoms with Crippen molar-refractivity contribution in [3.05, 3.63) is 53.7 Å². The first-order valence-corrected chi connectivity index (χ1v) is 10.5. The lowest BCUT2D eigenvalue weighted by atomic mass is 9.89. The zero-order valence-corrected chi connectivity index (χ0v) is 18.3. The van der Waals surface area contributed by atoms with E-state index in [0.717, 1.165) is 23.1 Å². The van der Waals surface area contributed by atoms with Crippen LogP contribution in [0.2, 0.25) is 0 Å². The van der Waals surface area contributed by atoms with Crippen LogP contribution in [0.5, 0.6) is 5.75 Å². The number of rotatable bonds is 8. The predicted molar refractivity (Wildman–Crippen MR) is 115 cm³/mol. The SMILES string of the molecule is COc1ccc2c(c1)-c1onc(C(=O)N[C@@H](Cn3ccnc3)C(=O)OCC(C)C)c1CC2. The molecule has 1 aliphatic carbocycles. The van der Waals surface area contributed by atoms with Crippen molar-refractivity contribution in [2.75, 3.05) is 13.7 Å². The molecule has 9 nitrogen and oxygen atoms in total. The maximum absolute atomic E-state index is 13.1. The molecule has 168 valence electrons. The molecule has 1 N–H and O–H groups in total. The molecule has 0 radical (unpaired) electrons. The highest BCUT2D eigenvalue weighted by atomic mass is 16.5. The van der Waals surface area contributed by atoms with Crippen LogP contribution in [0, 0.1) is 5.92 Å². The Bertz CT molecular complexity index is 1100. The van der Waals surface area contributed by atoms with Crippen LogP contribution in [0.25, 0.3) is 11.3 Å². The van der Waals surface area contributed by atoms with Crippen molar-refractivity contribution in [3.63, 3.8) is 0 Å². The van der Waals surface area contributed by atoms with Crippen molar-refractivity contribution in [1.82, 2.24) is 20.0 Å². The second-order valence-electron chi connectivity index (χ2n) is 8.17. The fourth-order valence-corrected chi connectivity index (χ4v) is 3.66. The summed E-state index contributed by atoms with van der Waals surface area (Å²) < 4.78 is 18.0. The van der Waals surface area contributed by atoms with E-state index >= 15 is 0 Å². The maximum atomic E-state index is 13.1. The quantitative estimate of drug-likeness (QED) is 0.539. The number of carbonyl (C=O) groups is 2. The Morgan fingerprint density at radius 3 is 2.84 bits per heavy atom. The zero-order valence-electron chi connectivity index (χ0n) is 18.3. The van der Waals surface area contributed by atoms with Gasteiger partial charge in [-0.25, -0.2) is 9.78 Å². The third-order valence-corrected chi connectivity index (χ3v) is 5.31. The molecule has 0 bridgehead atoms. The Morgan fingerprint density at radius 1 is 1.28 bits per heavy atom. The molecule has 9 heteroatoms. The fourth-order valence-electron chi connectivity index (χ4n) is 3.66. The number of nitrogens with zero attached hydrogens (tertiary/aromatic N) is 3. The molecule has 1 aliphatic rings. The number of esters is 1. The maximum Gasteiger partial charge on any atom is 0.330 e. The van der Waals surface area contributed by atoms with E-state index in [9.17, 15) is 9.59 Å². The molecular weight excluding hydrogens is 412 g/mol. The molecular formula is C23H26N4O5. The third kappa shape index (κ3) is 4.51. The number of aryl methyl sites for hydroxylation is 1. The standard InChI is InChI=1S/C23H26N4O5/c1-14(2)12-31-23(29)19(11-27-9-8-24-13-27)25-22(28)20-17-7-5-15-4-6-16(30-3)10-18(15)21(17)32-26-20/h4,6,8-10,13-14,19H,5,7,11-12H2,1-3H3,(H,25,28)/t19-/m0/s1. The molecule has 4 rings (SSSR count). The molecule has 32 heavy (non-hydrogen) atoms. The minimum atomic E-state index is -0.890. The van der Waals surface area contributed by atoms with Crippen LogP contribution in [-0.2, 0) is 28.9 Å². The van der Waals surface area contributed by atoms with Gasteiger partial charge in [-0.05, 0) is 36.5 Å². The highest BCUT2D eigenvalue weighted by molar-refractivity contribution is 5.97. The van der Waals surface area contributed by atoms with Crippen LogP contribution < -0.4 is 10.1 Å². The van der Waals surface area contributed by atoms with Gasteiger partial charge in [-0.3, -0.25) is 4.79 Å². The number of hydrogen-bond donors (Lipinski definition) is 1. The number of aromatic nitrogens is 3. The van der Waals surface area contributed by atoms with Crippen LogP contribution in [-0.4, -0.2) is 46.3 Å². The second-order valence-corrected chi connectivity index (χ2v) is 8.17. The summed E-state index contributed by atoms with van der Waals surface area (Å²) in [5.74, 6) is 0.459. The van der Waals surface area contributed by atoms with E-state index in [1.807, 2.05) is 32.0 Å². The highest BCUT2D eigenvalue weighted by Crippen LogP contribution is 2.37. The van der Waals surface area contributed by atoms with Gasteiger partial charge in [0, 0.05) is 23.5 Å². The summed E-state index contributed by atoms with van der Waals surface area (Å²) in [5, 5.41) is 6.81. The van der Waals surface area contributed by atoms with Gasteiger partial charge in [-0.1, -0.05) is 25.1 Å². The van der Waals surface area contributed by atoms with Gasteiger partial charge in [0.15, 0.2) is 11.5 Å². The highest BCUT2D eigenvalue weighted by Gasteiger charge is 2.31. The van der Waals surface area contributed by atoms with Gasteiger partial charge in [0.1, 0.15) is 11.8 Å². The first kappa shape index (κ1) is 21.6. The van der Waals surface area contributed by atoms with Crippen LogP contribution >= 0.6 is 0 Å². The molecule has 0 fully saturated rings. The second kappa shape index (κ2) is 9.25. The molecule has 1 atom stereocenters. The Hall–Kier alpha value is -3.62. The Kier molecular flexibility index (Phi) is 6.25. The van der Waals surface area contributed by atoms with Crippen molar-refractivity contribution in [2.24, 2.45) is 5.92 Å². The van der Waals surface area contributed by atoms with Crippen LogP contribution in [0.3, 0.4) is 0 Å². The summed E-state index contributed by atoms with van der Waals surface area (Å²) in [6.45, 7) is 4.37. The monoisotopic (exact) mass is 438 g/mol. The van der Waals surface area contributed by atoms with Crippen molar-refractivity contribution in [3.8, 4) is 17.1 Å². The summed E-state index contributed by atoms with van der Waals surface area (Å²) in [6.07, 6.45) is 6.28. The average Bonchev–Trinajstić information content (AvgIpc) is 3.46. The van der Waals surface area contributed by atoms with Crippen LogP contribution in [0.4, 0.5) is 0 Å². The van der Waals surface area contributed by atoms with Crippen LogP contribution in [0.15, 0.2) is 41.4 Å². The molecule has 0 saturated heterocycles. The largest absolute Gasteiger partial charge is 0.497 e. The first-order valence-electron chi connectivity index (χ1n) is 10.5. The number of ether oxygens (including phenoxy) is 2. The van der Waals surface area contributed by atoms with E-state index in [-0.39, 0.29) is 24.8 Å². The minimum Gasteiger partial charge on any atom is -0.497 e. The summed E-state index contributed by atoms with van der Waals surface area (Å²) in [6, 6.07) is 4.88. The fraction of sp³-hybridized carbons (Fsp3) is 0.391. The molecule has 2 heterocycles. The van der Waals surface area contributed by atoms with Gasteiger partial charge in [0.05, 0.1) is 26.6 Å². The zero-order chi connectivity index (χ0) is 22.7. The van der Waals surface area contributed by atoms with E-state index in [1.165, 1.54) is 0 Å². The topological polar surface area (TPSA) is 108 Å². The third-order valence-electron chi connectivity index (χ3n) is 5.31. The normalized spacial score (nSPS) is 13.2. The number of amides is 1. The molecule has 3 aromatic rings. The number of benzene rings is 1. The number of nitrogens with one attached hydrogen (secondary N) is 1. The van der Waals surface area contributed by atoms with E-state index in [2.05, 4.69) is 15.5 Å². The van der Waals surface area contributed by atoms with E-state index in [0.29, 0.717) is 17.9 Å². The molecule has 0 saturated carbocycles. The van der Waals surface area contributed by atoms with Gasteiger partial charge in [0.2, 0.25) is 0 Å². The van der Waals surface area contributed by atoms with E-state index in [1.54, 1.807) is 30.4 Å². The molecule has 1 aromatic carbocycles. The minimum absolute atomic E-state index is 0.181.